The molecule has 0 fully saturated rings. The molecular formula is C18H22BrNO3. The molecule has 1 N–H and O–H groups in total. The van der Waals surface area contributed by atoms with Gasteiger partial charge in [0.2, 0.25) is 5.75 Å². The fourth-order valence-corrected chi connectivity index (χ4v) is 2.82. The van der Waals surface area contributed by atoms with E-state index in [0.29, 0.717) is 23.8 Å². The minimum Gasteiger partial charge on any atom is -0.493 e. The van der Waals surface area contributed by atoms with Crippen molar-refractivity contribution in [1.82, 2.24) is 5.32 Å². The van der Waals surface area contributed by atoms with E-state index in [1.165, 1.54) is 5.56 Å². The number of rotatable bonds is 7. The molecule has 0 aliphatic rings. The highest BCUT2D eigenvalue weighted by molar-refractivity contribution is 9.10. The summed E-state index contributed by atoms with van der Waals surface area (Å²) in [5.74, 6) is 1.94. The minimum atomic E-state index is 0.228. The van der Waals surface area contributed by atoms with Gasteiger partial charge in [-0.05, 0) is 42.3 Å². The minimum absolute atomic E-state index is 0.228. The second-order valence-electron chi connectivity index (χ2n) is 5.19. The van der Waals surface area contributed by atoms with Crippen molar-refractivity contribution in [3.05, 3.63) is 52.0 Å². The van der Waals surface area contributed by atoms with E-state index < -0.39 is 0 Å². The largest absolute Gasteiger partial charge is 0.493 e. The van der Waals surface area contributed by atoms with Crippen molar-refractivity contribution in [1.29, 1.82) is 0 Å². The van der Waals surface area contributed by atoms with Crippen LogP contribution >= 0.6 is 15.9 Å². The molecule has 23 heavy (non-hydrogen) atoms. The average molecular weight is 380 g/mol. The molecule has 0 unspecified atom stereocenters. The summed E-state index contributed by atoms with van der Waals surface area (Å²) < 4.78 is 17.2. The van der Waals surface area contributed by atoms with E-state index in [9.17, 15) is 0 Å². The molecule has 2 aromatic carbocycles. The normalized spacial score (nSPS) is 11.9. The van der Waals surface area contributed by atoms with Gasteiger partial charge in [-0.3, -0.25) is 0 Å². The first-order chi connectivity index (χ1) is 11.1. The topological polar surface area (TPSA) is 39.7 Å². The van der Waals surface area contributed by atoms with Crippen LogP contribution in [0.5, 0.6) is 17.2 Å². The molecule has 0 aliphatic heterocycles. The molecule has 0 heterocycles. The predicted octanol–water partition coefficient (Wildman–Crippen LogP) is 4.33. The maximum absolute atomic E-state index is 5.39. The molecular weight excluding hydrogens is 358 g/mol. The Hall–Kier alpha value is -1.72. The van der Waals surface area contributed by atoms with Crippen LogP contribution in [0.4, 0.5) is 0 Å². The van der Waals surface area contributed by atoms with Crippen molar-refractivity contribution in [2.45, 2.75) is 19.5 Å². The molecule has 2 rings (SSSR count). The highest BCUT2D eigenvalue weighted by atomic mass is 79.9. The second-order valence-corrected chi connectivity index (χ2v) is 6.11. The Morgan fingerprint density at radius 1 is 1.00 bits per heavy atom. The van der Waals surface area contributed by atoms with Crippen LogP contribution < -0.4 is 19.5 Å². The van der Waals surface area contributed by atoms with Gasteiger partial charge in [-0.25, -0.2) is 0 Å². The number of nitrogens with one attached hydrogen (secondary N) is 1. The molecule has 4 nitrogen and oxygen atoms in total. The van der Waals surface area contributed by atoms with Crippen molar-refractivity contribution >= 4 is 15.9 Å². The van der Waals surface area contributed by atoms with Crippen LogP contribution in [-0.2, 0) is 6.54 Å². The molecule has 0 aliphatic carbocycles. The number of hydrogen-bond acceptors (Lipinski definition) is 4. The highest BCUT2D eigenvalue weighted by Crippen LogP contribution is 2.38. The Kier molecular flexibility index (Phi) is 6.30. The monoisotopic (exact) mass is 379 g/mol. The van der Waals surface area contributed by atoms with Gasteiger partial charge in [-0.2, -0.15) is 0 Å². The highest BCUT2D eigenvalue weighted by Gasteiger charge is 2.13. The molecule has 124 valence electrons. The van der Waals surface area contributed by atoms with Gasteiger partial charge in [0.05, 0.1) is 21.3 Å². The molecule has 5 heteroatoms. The van der Waals surface area contributed by atoms with Gasteiger partial charge in [0.1, 0.15) is 0 Å². The van der Waals surface area contributed by atoms with Crippen molar-refractivity contribution in [3.8, 4) is 17.2 Å². The average Bonchev–Trinajstić information content (AvgIpc) is 2.58. The zero-order chi connectivity index (χ0) is 16.8. The maximum Gasteiger partial charge on any atom is 0.203 e. The van der Waals surface area contributed by atoms with E-state index in [2.05, 4.69) is 40.3 Å². The summed E-state index contributed by atoms with van der Waals surface area (Å²) in [4.78, 5) is 0. The van der Waals surface area contributed by atoms with Crippen LogP contribution in [0.15, 0.2) is 40.9 Å². The lowest BCUT2D eigenvalue weighted by atomic mass is 10.1. The third-order valence-corrected chi connectivity index (χ3v) is 4.18. The Morgan fingerprint density at radius 2 is 1.65 bits per heavy atom. The van der Waals surface area contributed by atoms with Gasteiger partial charge >= 0.3 is 0 Å². The Labute approximate surface area is 145 Å². The smallest absolute Gasteiger partial charge is 0.203 e. The summed E-state index contributed by atoms with van der Waals surface area (Å²) in [5, 5.41) is 3.51. The number of halogens is 1. The van der Waals surface area contributed by atoms with Gasteiger partial charge in [0.25, 0.3) is 0 Å². The third-order valence-electron chi connectivity index (χ3n) is 3.69. The van der Waals surface area contributed by atoms with Crippen LogP contribution in [-0.4, -0.2) is 21.3 Å². The molecule has 0 amide bonds. The molecule has 1 atom stereocenters. The fraction of sp³-hybridized carbons (Fsp3) is 0.333. The number of methoxy groups -OCH3 is 3. The maximum atomic E-state index is 5.39. The van der Waals surface area contributed by atoms with Crippen molar-refractivity contribution in [2.24, 2.45) is 0 Å². The zero-order valence-electron chi connectivity index (χ0n) is 13.9. The lowest BCUT2D eigenvalue weighted by molar-refractivity contribution is 0.323. The number of hydrogen-bond donors (Lipinski definition) is 1. The van der Waals surface area contributed by atoms with E-state index in [0.717, 1.165) is 10.0 Å². The van der Waals surface area contributed by atoms with Crippen molar-refractivity contribution in [3.63, 3.8) is 0 Å². The van der Waals surface area contributed by atoms with Gasteiger partial charge < -0.3 is 19.5 Å². The van der Waals surface area contributed by atoms with E-state index >= 15 is 0 Å². The standard InChI is InChI=1S/C18H22BrNO3/c1-12(14-6-5-7-15(19)10-14)20-11-13-8-16(21-2)18(23-4)17(9-13)22-3/h5-10,12,20H,11H2,1-4H3/t12-/m1/s1. The number of ether oxygens (including phenoxy) is 3. The van der Waals surface area contributed by atoms with E-state index in [4.69, 9.17) is 14.2 Å². The Morgan fingerprint density at radius 3 is 2.17 bits per heavy atom. The van der Waals surface area contributed by atoms with E-state index in [-0.39, 0.29) is 6.04 Å². The van der Waals surface area contributed by atoms with Crippen molar-refractivity contribution in [2.75, 3.05) is 21.3 Å². The molecule has 0 aromatic heterocycles. The molecule has 0 radical (unpaired) electrons. The van der Waals surface area contributed by atoms with Gasteiger partial charge in [-0.1, -0.05) is 28.1 Å². The Balaban J connectivity index is 2.14. The first-order valence-electron chi connectivity index (χ1n) is 7.36. The summed E-state index contributed by atoms with van der Waals surface area (Å²) in [6.07, 6.45) is 0. The quantitative estimate of drug-likeness (QED) is 0.777. The second kappa shape index (κ2) is 8.22. The number of benzene rings is 2. The molecule has 0 saturated carbocycles. The first kappa shape index (κ1) is 17.6. The SMILES string of the molecule is COc1cc(CN[C@H](C)c2cccc(Br)c2)cc(OC)c1OC. The van der Waals surface area contributed by atoms with Crippen LogP contribution in [0, 0.1) is 0 Å². The van der Waals surface area contributed by atoms with Crippen LogP contribution in [0.25, 0.3) is 0 Å². The predicted molar refractivity (Wildman–Crippen MR) is 95.5 cm³/mol. The molecule has 0 spiro atoms. The summed E-state index contributed by atoms with van der Waals surface area (Å²) >= 11 is 3.51. The lowest BCUT2D eigenvalue weighted by Gasteiger charge is -2.17. The fourth-order valence-electron chi connectivity index (χ4n) is 2.40. The zero-order valence-corrected chi connectivity index (χ0v) is 15.4. The first-order valence-corrected chi connectivity index (χ1v) is 8.16. The van der Waals surface area contributed by atoms with E-state index in [1.54, 1.807) is 21.3 Å². The summed E-state index contributed by atoms with van der Waals surface area (Å²) in [7, 11) is 4.85. The molecule has 2 aromatic rings. The van der Waals surface area contributed by atoms with Gasteiger partial charge in [0, 0.05) is 17.1 Å². The van der Waals surface area contributed by atoms with Crippen LogP contribution in [0.1, 0.15) is 24.1 Å². The summed E-state index contributed by atoms with van der Waals surface area (Å²) in [5.41, 5.74) is 2.30. The summed E-state index contributed by atoms with van der Waals surface area (Å²) in [6.45, 7) is 2.84. The van der Waals surface area contributed by atoms with Gasteiger partial charge in [0.15, 0.2) is 11.5 Å². The van der Waals surface area contributed by atoms with Gasteiger partial charge in [-0.15, -0.1) is 0 Å². The third kappa shape index (κ3) is 4.39. The molecule has 0 bridgehead atoms. The van der Waals surface area contributed by atoms with E-state index in [1.807, 2.05) is 24.3 Å². The van der Waals surface area contributed by atoms with Crippen LogP contribution in [0.2, 0.25) is 0 Å². The Bertz CT molecular complexity index is 635. The van der Waals surface area contributed by atoms with Crippen molar-refractivity contribution < 1.29 is 14.2 Å². The molecule has 0 saturated heterocycles. The summed E-state index contributed by atoms with van der Waals surface area (Å²) in [6, 6.07) is 12.4. The lowest BCUT2D eigenvalue weighted by Crippen LogP contribution is -2.18. The van der Waals surface area contributed by atoms with Crippen LogP contribution in [0.3, 0.4) is 0 Å².